The van der Waals surface area contributed by atoms with Gasteiger partial charge in [-0.25, -0.2) is 0 Å². The Kier molecular flexibility index (Phi) is 4.57. The first kappa shape index (κ1) is 13.1. The Balaban J connectivity index is 2.09. The lowest BCUT2D eigenvalue weighted by Crippen LogP contribution is -2.53. The Morgan fingerprint density at radius 2 is 1.62 bits per heavy atom. The second-order valence-corrected chi connectivity index (χ2v) is 11.9. The van der Waals surface area contributed by atoms with Gasteiger partial charge in [0.15, 0.2) is 0 Å². The van der Waals surface area contributed by atoms with Crippen LogP contribution in [0.4, 0.5) is 0 Å². The maximum absolute atomic E-state index is 6.07. The molecule has 2 rings (SSSR count). The van der Waals surface area contributed by atoms with Crippen molar-refractivity contribution in [2.75, 3.05) is 6.54 Å². The predicted octanol–water partition coefficient (Wildman–Crippen LogP) is -0.103. The molecule has 2 fully saturated rings. The van der Waals surface area contributed by atoms with Crippen molar-refractivity contribution in [3.8, 4) is 0 Å². The Labute approximate surface area is 106 Å². The molecule has 2 heterocycles. The summed E-state index contributed by atoms with van der Waals surface area (Å²) in [7, 11) is -0.606. The Morgan fingerprint density at radius 1 is 1.06 bits per heavy atom. The van der Waals surface area contributed by atoms with Crippen LogP contribution in [-0.2, 0) is 12.3 Å². The quantitative estimate of drug-likeness (QED) is 0.738. The van der Waals surface area contributed by atoms with Crippen molar-refractivity contribution in [1.82, 2.24) is 0 Å². The minimum atomic E-state index is -2.30. The summed E-state index contributed by atoms with van der Waals surface area (Å²) in [4.78, 5) is 0. The number of hydrogen-bond donors (Lipinski definition) is 1. The molecule has 3 N–H and O–H groups in total. The molecule has 0 aliphatic carbocycles. The van der Waals surface area contributed by atoms with Crippen LogP contribution in [0.25, 0.3) is 0 Å². The first-order valence-corrected chi connectivity index (χ1v) is 10.7. The fraction of sp³-hybridized carbons (Fsp3) is 1.00. The van der Waals surface area contributed by atoms with E-state index in [9.17, 15) is 0 Å². The second kappa shape index (κ2) is 5.57. The van der Waals surface area contributed by atoms with E-state index in [1.165, 1.54) is 0 Å². The molecular weight excluding hydrogens is 270 g/mol. The van der Waals surface area contributed by atoms with Crippen LogP contribution in [0.2, 0.25) is 22.7 Å². The van der Waals surface area contributed by atoms with E-state index < -0.39 is 8.80 Å². The molecule has 4 nitrogen and oxygen atoms in total. The van der Waals surface area contributed by atoms with Gasteiger partial charge in [0.25, 0.3) is 0 Å². The molecule has 88 valence electrons. The van der Waals surface area contributed by atoms with E-state index >= 15 is 0 Å². The summed E-state index contributed by atoms with van der Waals surface area (Å²) in [6.07, 6.45) is 1.05. The van der Waals surface area contributed by atoms with Gasteiger partial charge >= 0.3 is 8.80 Å². The van der Waals surface area contributed by atoms with Crippen LogP contribution in [0, 0.1) is 0 Å². The molecular formula is C8H18NO3Si4+. The highest BCUT2D eigenvalue weighted by Crippen LogP contribution is 2.41. The van der Waals surface area contributed by atoms with E-state index in [0.29, 0.717) is 45.9 Å². The summed E-state index contributed by atoms with van der Waals surface area (Å²) in [5, 5.41) is 0. The largest absolute Gasteiger partial charge is 0.469 e. The molecule has 16 heavy (non-hydrogen) atoms. The van der Waals surface area contributed by atoms with Crippen LogP contribution >= 0.6 is 0 Å². The molecule has 2 unspecified atom stereocenters. The molecule has 2 atom stereocenters. The zero-order valence-corrected chi connectivity index (χ0v) is 13.8. The van der Waals surface area contributed by atoms with Crippen LogP contribution in [0.3, 0.4) is 0 Å². The van der Waals surface area contributed by atoms with Crippen molar-refractivity contribution in [3.05, 3.63) is 0 Å². The van der Waals surface area contributed by atoms with Gasteiger partial charge in [0.2, 0.25) is 29.3 Å². The van der Waals surface area contributed by atoms with Gasteiger partial charge in [-0.15, -0.1) is 0 Å². The van der Waals surface area contributed by atoms with Crippen LogP contribution < -0.4 is 5.73 Å². The van der Waals surface area contributed by atoms with Crippen molar-refractivity contribution in [1.29, 1.82) is 0 Å². The van der Waals surface area contributed by atoms with Gasteiger partial charge in [0.1, 0.15) is 0 Å². The third-order valence-corrected chi connectivity index (χ3v) is 12.5. The minimum Gasteiger partial charge on any atom is -0.416 e. The SMILES string of the molecule is CC1[Si]O[Si]2(CCC[NH3+])O[Si]C(C)C1[Si]O2. The highest BCUT2D eigenvalue weighted by Gasteiger charge is 2.49. The van der Waals surface area contributed by atoms with Gasteiger partial charge in [-0.2, -0.15) is 0 Å². The van der Waals surface area contributed by atoms with Gasteiger partial charge in [-0.1, -0.05) is 13.8 Å². The number of hydrogen-bond acceptors (Lipinski definition) is 3. The zero-order chi connectivity index (χ0) is 11.6. The standard InChI is InChI=1S/C8H17NO3Si4/c1-6-8-7(2)14-11-16(10-13-6,12-15-8)5-3-4-9/h6-8H,3-5,9H2,1-2H3/p+1. The van der Waals surface area contributed by atoms with Gasteiger partial charge in [0, 0.05) is 12.5 Å². The lowest BCUT2D eigenvalue weighted by molar-refractivity contribution is -0.367. The number of fused-ring (bicyclic) bond motifs is 3. The highest BCUT2D eigenvalue weighted by atomic mass is 28.5. The van der Waals surface area contributed by atoms with E-state index in [-0.39, 0.29) is 0 Å². The lowest BCUT2D eigenvalue weighted by atomic mass is 10.2. The molecule has 8 heteroatoms. The second-order valence-electron chi connectivity index (χ2n) is 4.40. The lowest BCUT2D eigenvalue weighted by Gasteiger charge is -2.30. The van der Waals surface area contributed by atoms with Gasteiger partial charge < -0.3 is 18.1 Å². The topological polar surface area (TPSA) is 55.3 Å². The molecule has 2 aliphatic rings. The third-order valence-electron chi connectivity index (χ3n) is 2.96. The Morgan fingerprint density at radius 3 is 2.19 bits per heavy atom. The minimum absolute atomic E-state index is 0.558. The Bertz CT molecular complexity index is 231. The van der Waals surface area contributed by atoms with Crippen LogP contribution in [0.5, 0.6) is 0 Å². The number of rotatable bonds is 3. The maximum Gasteiger partial charge on any atom is 0.469 e. The van der Waals surface area contributed by atoms with E-state index in [4.69, 9.17) is 12.3 Å². The van der Waals surface area contributed by atoms with Crippen LogP contribution in [0.15, 0.2) is 0 Å². The average Bonchev–Trinajstić information content (AvgIpc) is 2.54. The molecule has 0 aromatic carbocycles. The fourth-order valence-electron chi connectivity index (χ4n) is 1.86. The predicted molar refractivity (Wildman–Crippen MR) is 66.0 cm³/mol. The van der Waals surface area contributed by atoms with Crippen molar-refractivity contribution >= 4 is 38.1 Å². The molecule has 0 saturated carbocycles. The van der Waals surface area contributed by atoms with Gasteiger partial charge in [-0.05, 0) is 16.6 Å². The molecule has 0 amide bonds. The molecule has 0 spiro atoms. The van der Waals surface area contributed by atoms with Crippen molar-refractivity contribution in [3.63, 3.8) is 0 Å². The first-order chi connectivity index (χ1) is 7.67. The van der Waals surface area contributed by atoms with E-state index in [1.54, 1.807) is 0 Å². The van der Waals surface area contributed by atoms with Crippen molar-refractivity contribution in [2.45, 2.75) is 42.9 Å². The molecule has 0 aromatic heterocycles. The van der Waals surface area contributed by atoms with Crippen molar-refractivity contribution < 1.29 is 18.1 Å². The zero-order valence-electron chi connectivity index (χ0n) is 9.79. The maximum atomic E-state index is 6.07. The van der Waals surface area contributed by atoms with Gasteiger partial charge in [0.05, 0.1) is 6.54 Å². The summed E-state index contributed by atoms with van der Waals surface area (Å²) in [5.74, 6) is 0. The monoisotopic (exact) mass is 288 g/mol. The van der Waals surface area contributed by atoms with Crippen LogP contribution in [0.1, 0.15) is 20.3 Å². The van der Waals surface area contributed by atoms with Crippen molar-refractivity contribution in [2.24, 2.45) is 0 Å². The van der Waals surface area contributed by atoms with Crippen LogP contribution in [-0.4, -0.2) is 44.6 Å². The molecule has 0 aromatic rings. The molecule has 6 radical (unpaired) electrons. The Hall–Kier alpha value is 0.708. The molecule has 2 saturated heterocycles. The van der Waals surface area contributed by atoms with E-state index in [0.717, 1.165) is 19.0 Å². The molecule has 2 aliphatic heterocycles. The normalized spacial score (nSPS) is 44.1. The third kappa shape index (κ3) is 2.75. The summed E-state index contributed by atoms with van der Waals surface area (Å²) < 4.78 is 18.1. The van der Waals surface area contributed by atoms with E-state index in [1.807, 2.05) is 0 Å². The first-order valence-electron chi connectivity index (χ1n) is 5.77. The summed E-state index contributed by atoms with van der Waals surface area (Å²) in [6.45, 7) is 5.52. The van der Waals surface area contributed by atoms with E-state index in [2.05, 4.69) is 19.6 Å². The van der Waals surface area contributed by atoms with Gasteiger partial charge in [-0.3, -0.25) is 0 Å². The highest BCUT2D eigenvalue weighted by molar-refractivity contribution is 6.76. The fourth-order valence-corrected chi connectivity index (χ4v) is 11.9. The summed E-state index contributed by atoms with van der Waals surface area (Å²) >= 11 is 0. The summed E-state index contributed by atoms with van der Waals surface area (Å²) in [6, 6.07) is 0.954. The molecule has 2 bridgehead atoms. The number of quaternary nitrogens is 1. The summed E-state index contributed by atoms with van der Waals surface area (Å²) in [5.41, 5.74) is 5.81. The average molecular weight is 289 g/mol. The smallest absolute Gasteiger partial charge is 0.416 e.